The summed E-state index contributed by atoms with van der Waals surface area (Å²) in [5.41, 5.74) is 5.58. The van der Waals surface area contributed by atoms with E-state index in [1.165, 1.54) is 12.8 Å². The van der Waals surface area contributed by atoms with E-state index in [-0.39, 0.29) is 0 Å². The Kier molecular flexibility index (Phi) is 6.92. The van der Waals surface area contributed by atoms with E-state index < -0.39 is 0 Å². The summed E-state index contributed by atoms with van der Waals surface area (Å²) in [6.45, 7) is 5.14. The van der Waals surface area contributed by atoms with Crippen LogP contribution in [0.25, 0.3) is 0 Å². The molecule has 0 heterocycles. The highest BCUT2D eigenvalue weighted by atomic mass is 16.5. The highest BCUT2D eigenvalue weighted by Gasteiger charge is 2.27. The minimum atomic E-state index is 0.690. The Morgan fingerprint density at radius 3 is 2.60 bits per heavy atom. The van der Waals surface area contributed by atoms with E-state index in [9.17, 15) is 0 Å². The van der Waals surface area contributed by atoms with E-state index in [1.807, 2.05) is 0 Å². The van der Waals surface area contributed by atoms with Gasteiger partial charge in [-0.2, -0.15) is 0 Å². The van der Waals surface area contributed by atoms with Crippen LogP contribution in [0.15, 0.2) is 0 Å². The molecule has 0 aromatic rings. The lowest BCUT2D eigenvalue weighted by molar-refractivity contribution is 0.0650. The Morgan fingerprint density at radius 1 is 1.20 bits per heavy atom. The first kappa shape index (κ1) is 12.9. The molecule has 0 atom stereocenters. The fraction of sp³-hybridized carbons (Fsp3) is 1.00. The smallest absolute Gasteiger partial charge is 0.0700 e. The molecule has 1 aliphatic carbocycles. The molecule has 90 valence electrons. The maximum Gasteiger partial charge on any atom is 0.0700 e. The summed E-state index contributed by atoms with van der Waals surface area (Å²) in [6.07, 6.45) is 3.80. The molecule has 0 amide bonds. The summed E-state index contributed by atoms with van der Waals surface area (Å²) >= 11 is 0. The molecule has 1 aliphatic rings. The average Bonchev–Trinajstić information content (AvgIpc) is 3.05. The van der Waals surface area contributed by atoms with E-state index in [1.54, 1.807) is 7.11 Å². The van der Waals surface area contributed by atoms with Gasteiger partial charge in [0, 0.05) is 39.4 Å². The molecular formula is C11H24N2O2. The van der Waals surface area contributed by atoms with Crippen molar-refractivity contribution in [3.63, 3.8) is 0 Å². The maximum atomic E-state index is 5.58. The van der Waals surface area contributed by atoms with Crippen LogP contribution >= 0.6 is 0 Å². The van der Waals surface area contributed by atoms with E-state index >= 15 is 0 Å². The number of ether oxygens (including phenoxy) is 2. The standard InChI is InChI=1S/C11H24N2O2/c1-14-9-10-15-8-2-6-13(7-5-12)11-3-4-11/h11H,2-10,12H2,1H3. The van der Waals surface area contributed by atoms with Crippen LogP contribution in [0, 0.1) is 0 Å². The summed E-state index contributed by atoms with van der Waals surface area (Å²) in [4.78, 5) is 2.49. The van der Waals surface area contributed by atoms with Gasteiger partial charge in [0.1, 0.15) is 0 Å². The first-order valence-corrected chi connectivity index (χ1v) is 5.89. The Bertz CT molecular complexity index is 152. The number of hydrogen-bond acceptors (Lipinski definition) is 4. The van der Waals surface area contributed by atoms with E-state index in [2.05, 4.69) is 4.90 Å². The zero-order valence-electron chi connectivity index (χ0n) is 9.78. The maximum absolute atomic E-state index is 5.58. The van der Waals surface area contributed by atoms with Gasteiger partial charge in [-0.1, -0.05) is 0 Å². The van der Waals surface area contributed by atoms with Crippen molar-refractivity contribution >= 4 is 0 Å². The second kappa shape index (κ2) is 8.05. The molecule has 1 rings (SSSR count). The van der Waals surface area contributed by atoms with Crippen molar-refractivity contribution < 1.29 is 9.47 Å². The van der Waals surface area contributed by atoms with Gasteiger partial charge in [-0.05, 0) is 19.3 Å². The van der Waals surface area contributed by atoms with Crippen molar-refractivity contribution in [3.05, 3.63) is 0 Å². The molecule has 0 radical (unpaired) electrons. The third-order valence-electron chi connectivity index (χ3n) is 2.65. The molecule has 0 bridgehead atoms. The van der Waals surface area contributed by atoms with Crippen LogP contribution in [-0.4, -0.2) is 57.5 Å². The number of methoxy groups -OCH3 is 1. The summed E-state index contributed by atoms with van der Waals surface area (Å²) in [7, 11) is 1.69. The lowest BCUT2D eigenvalue weighted by Crippen LogP contribution is -2.32. The van der Waals surface area contributed by atoms with Gasteiger partial charge in [0.15, 0.2) is 0 Å². The van der Waals surface area contributed by atoms with E-state index in [0.29, 0.717) is 13.2 Å². The zero-order valence-corrected chi connectivity index (χ0v) is 9.78. The number of nitrogens with zero attached hydrogens (tertiary/aromatic N) is 1. The highest BCUT2D eigenvalue weighted by Crippen LogP contribution is 2.26. The molecule has 1 fully saturated rings. The minimum absolute atomic E-state index is 0.690. The molecular weight excluding hydrogens is 192 g/mol. The largest absolute Gasteiger partial charge is 0.382 e. The molecule has 15 heavy (non-hydrogen) atoms. The summed E-state index contributed by atoms with van der Waals surface area (Å²) in [6, 6.07) is 0.813. The molecule has 2 N–H and O–H groups in total. The van der Waals surface area contributed by atoms with Gasteiger partial charge >= 0.3 is 0 Å². The van der Waals surface area contributed by atoms with Gasteiger partial charge in [-0.3, -0.25) is 4.90 Å². The van der Waals surface area contributed by atoms with Crippen molar-refractivity contribution in [2.24, 2.45) is 5.73 Å². The van der Waals surface area contributed by atoms with Crippen LogP contribution in [-0.2, 0) is 9.47 Å². The minimum Gasteiger partial charge on any atom is -0.382 e. The zero-order chi connectivity index (χ0) is 10.9. The summed E-state index contributed by atoms with van der Waals surface area (Å²) in [5.74, 6) is 0. The van der Waals surface area contributed by atoms with Gasteiger partial charge in [0.05, 0.1) is 13.2 Å². The first-order valence-electron chi connectivity index (χ1n) is 5.89. The van der Waals surface area contributed by atoms with Gasteiger partial charge in [0.25, 0.3) is 0 Å². The van der Waals surface area contributed by atoms with Crippen molar-refractivity contribution in [2.45, 2.75) is 25.3 Å². The SMILES string of the molecule is COCCOCCCN(CCN)C1CC1. The molecule has 0 unspecified atom stereocenters. The van der Waals surface area contributed by atoms with Gasteiger partial charge in [-0.15, -0.1) is 0 Å². The summed E-state index contributed by atoms with van der Waals surface area (Å²) < 4.78 is 10.3. The molecule has 1 saturated carbocycles. The predicted molar refractivity (Wildman–Crippen MR) is 61.0 cm³/mol. The summed E-state index contributed by atoms with van der Waals surface area (Å²) in [5, 5.41) is 0. The molecule has 0 aromatic heterocycles. The predicted octanol–water partition coefficient (Wildman–Crippen LogP) is 0.463. The van der Waals surface area contributed by atoms with Crippen LogP contribution in [0.2, 0.25) is 0 Å². The topological polar surface area (TPSA) is 47.7 Å². The second-order valence-electron chi connectivity index (χ2n) is 4.01. The molecule has 0 aliphatic heterocycles. The van der Waals surface area contributed by atoms with Gasteiger partial charge in [-0.25, -0.2) is 0 Å². The molecule has 0 aromatic carbocycles. The third kappa shape index (κ3) is 6.10. The fourth-order valence-electron chi connectivity index (χ4n) is 1.70. The molecule has 0 spiro atoms. The lowest BCUT2D eigenvalue weighted by Gasteiger charge is -2.20. The Labute approximate surface area is 92.7 Å². The van der Waals surface area contributed by atoms with Crippen molar-refractivity contribution in [2.75, 3.05) is 46.6 Å². The van der Waals surface area contributed by atoms with E-state index in [0.717, 1.165) is 38.7 Å². The molecule has 4 nitrogen and oxygen atoms in total. The first-order chi connectivity index (χ1) is 7.38. The highest BCUT2D eigenvalue weighted by molar-refractivity contribution is 4.84. The molecule has 0 saturated heterocycles. The van der Waals surface area contributed by atoms with Gasteiger partial charge in [0.2, 0.25) is 0 Å². The third-order valence-corrected chi connectivity index (χ3v) is 2.65. The molecule has 4 heteroatoms. The van der Waals surface area contributed by atoms with Crippen LogP contribution in [0.1, 0.15) is 19.3 Å². The van der Waals surface area contributed by atoms with Crippen LogP contribution in [0.5, 0.6) is 0 Å². The van der Waals surface area contributed by atoms with Crippen molar-refractivity contribution in [3.8, 4) is 0 Å². The number of hydrogen-bond donors (Lipinski definition) is 1. The second-order valence-corrected chi connectivity index (χ2v) is 4.01. The fourth-order valence-corrected chi connectivity index (χ4v) is 1.70. The normalized spacial score (nSPS) is 16.2. The van der Waals surface area contributed by atoms with Crippen LogP contribution < -0.4 is 5.73 Å². The lowest BCUT2D eigenvalue weighted by atomic mass is 10.3. The average molecular weight is 216 g/mol. The van der Waals surface area contributed by atoms with Gasteiger partial charge < -0.3 is 15.2 Å². The number of nitrogens with two attached hydrogens (primary N) is 1. The monoisotopic (exact) mass is 216 g/mol. The van der Waals surface area contributed by atoms with Crippen LogP contribution in [0.3, 0.4) is 0 Å². The van der Waals surface area contributed by atoms with Crippen molar-refractivity contribution in [1.82, 2.24) is 4.90 Å². The van der Waals surface area contributed by atoms with Crippen LogP contribution in [0.4, 0.5) is 0 Å². The number of rotatable bonds is 10. The van der Waals surface area contributed by atoms with Crippen molar-refractivity contribution in [1.29, 1.82) is 0 Å². The Morgan fingerprint density at radius 2 is 2.00 bits per heavy atom. The Hall–Kier alpha value is -0.160. The quantitative estimate of drug-likeness (QED) is 0.539. The van der Waals surface area contributed by atoms with E-state index in [4.69, 9.17) is 15.2 Å². The Balaban J connectivity index is 1.92.